The molecule has 1 aromatic rings. The van der Waals surface area contributed by atoms with E-state index < -0.39 is 0 Å². The molecule has 1 aliphatic rings. The highest BCUT2D eigenvalue weighted by molar-refractivity contribution is 5.29. The van der Waals surface area contributed by atoms with Gasteiger partial charge < -0.3 is 5.73 Å². The van der Waals surface area contributed by atoms with Crippen molar-refractivity contribution in [1.82, 2.24) is 0 Å². The zero-order valence-electron chi connectivity index (χ0n) is 8.24. The molecule has 1 fully saturated rings. The Labute approximate surface area is 85.3 Å². The molecule has 1 nitrogen and oxygen atoms in total. The zero-order chi connectivity index (χ0) is 9.97. The van der Waals surface area contributed by atoms with Gasteiger partial charge in [0.2, 0.25) is 0 Å². The molecule has 0 aromatic heterocycles. The number of hydrogen-bond acceptors (Lipinski definition) is 1. The number of terminal acetylenes is 1. The predicted molar refractivity (Wildman–Crippen MR) is 58.9 cm³/mol. The number of benzene rings is 1. The van der Waals surface area contributed by atoms with Crippen LogP contribution < -0.4 is 5.73 Å². The Balaban J connectivity index is 2.02. The fourth-order valence-electron chi connectivity index (χ4n) is 1.66. The quantitative estimate of drug-likeness (QED) is 0.717. The molecule has 0 heterocycles. The lowest BCUT2D eigenvalue weighted by atomic mass is 10.0. The van der Waals surface area contributed by atoms with Crippen molar-refractivity contribution in [2.75, 3.05) is 0 Å². The lowest BCUT2D eigenvalue weighted by Gasteiger charge is -2.05. The first-order valence-corrected chi connectivity index (χ1v) is 5.10. The standard InChI is InChI=1S/C13H15N/c1-2-13(14)9-10-3-5-11(6-4-10)12-7-8-12/h1,3-6,12-13H,7-9,14H2. The van der Waals surface area contributed by atoms with Crippen LogP contribution in [0.2, 0.25) is 0 Å². The summed E-state index contributed by atoms with van der Waals surface area (Å²) in [6, 6.07) is 8.55. The molecule has 1 aromatic carbocycles. The third-order valence-corrected chi connectivity index (χ3v) is 2.70. The SMILES string of the molecule is C#CC(N)Cc1ccc(C2CC2)cc1. The van der Waals surface area contributed by atoms with Crippen LogP contribution in [0.15, 0.2) is 24.3 Å². The fourth-order valence-corrected chi connectivity index (χ4v) is 1.66. The van der Waals surface area contributed by atoms with E-state index in [-0.39, 0.29) is 6.04 Å². The first-order valence-electron chi connectivity index (χ1n) is 5.10. The van der Waals surface area contributed by atoms with Gasteiger partial charge in [-0.05, 0) is 36.3 Å². The summed E-state index contributed by atoms with van der Waals surface area (Å²) >= 11 is 0. The normalized spacial score (nSPS) is 17.4. The van der Waals surface area contributed by atoms with Crippen molar-refractivity contribution >= 4 is 0 Å². The van der Waals surface area contributed by atoms with Crippen molar-refractivity contribution < 1.29 is 0 Å². The van der Waals surface area contributed by atoms with Gasteiger partial charge in [0.15, 0.2) is 0 Å². The summed E-state index contributed by atoms with van der Waals surface area (Å²) in [5, 5.41) is 0. The maximum atomic E-state index is 5.68. The van der Waals surface area contributed by atoms with Crippen LogP contribution in [-0.4, -0.2) is 6.04 Å². The number of rotatable bonds is 3. The van der Waals surface area contributed by atoms with Crippen LogP contribution >= 0.6 is 0 Å². The predicted octanol–water partition coefficient (Wildman–Crippen LogP) is 2.07. The molecule has 72 valence electrons. The van der Waals surface area contributed by atoms with Crippen molar-refractivity contribution in [2.45, 2.75) is 31.2 Å². The van der Waals surface area contributed by atoms with E-state index in [1.54, 1.807) is 0 Å². The molecular formula is C13H15N. The molecule has 1 aliphatic carbocycles. The second-order valence-corrected chi connectivity index (χ2v) is 3.99. The molecule has 1 atom stereocenters. The summed E-state index contributed by atoms with van der Waals surface area (Å²) in [5.74, 6) is 3.37. The maximum Gasteiger partial charge on any atom is 0.0702 e. The topological polar surface area (TPSA) is 26.0 Å². The summed E-state index contributed by atoms with van der Waals surface area (Å²) in [4.78, 5) is 0. The summed E-state index contributed by atoms with van der Waals surface area (Å²) in [6.07, 6.45) is 8.71. The van der Waals surface area contributed by atoms with Crippen LogP contribution in [0.3, 0.4) is 0 Å². The zero-order valence-corrected chi connectivity index (χ0v) is 8.24. The first kappa shape index (κ1) is 9.30. The van der Waals surface area contributed by atoms with Crippen LogP contribution in [-0.2, 0) is 6.42 Å². The van der Waals surface area contributed by atoms with Gasteiger partial charge in [0.1, 0.15) is 0 Å². The Morgan fingerprint density at radius 2 is 2.00 bits per heavy atom. The van der Waals surface area contributed by atoms with Gasteiger partial charge >= 0.3 is 0 Å². The van der Waals surface area contributed by atoms with E-state index in [0.29, 0.717) is 0 Å². The molecule has 0 radical (unpaired) electrons. The van der Waals surface area contributed by atoms with E-state index in [1.165, 1.54) is 24.0 Å². The van der Waals surface area contributed by atoms with Gasteiger partial charge in [-0.2, -0.15) is 0 Å². The highest BCUT2D eigenvalue weighted by atomic mass is 14.6. The van der Waals surface area contributed by atoms with Crippen molar-refractivity contribution in [2.24, 2.45) is 5.73 Å². The Morgan fingerprint density at radius 1 is 1.36 bits per heavy atom. The van der Waals surface area contributed by atoms with Crippen LogP contribution in [0.25, 0.3) is 0 Å². The molecule has 2 rings (SSSR count). The highest BCUT2D eigenvalue weighted by Crippen LogP contribution is 2.39. The van der Waals surface area contributed by atoms with Gasteiger partial charge in [0.25, 0.3) is 0 Å². The molecule has 0 bridgehead atoms. The monoisotopic (exact) mass is 185 g/mol. The van der Waals surface area contributed by atoms with Crippen LogP contribution in [0, 0.1) is 12.3 Å². The smallest absolute Gasteiger partial charge is 0.0702 e. The van der Waals surface area contributed by atoms with E-state index in [9.17, 15) is 0 Å². The minimum atomic E-state index is -0.151. The van der Waals surface area contributed by atoms with E-state index in [4.69, 9.17) is 12.2 Å². The highest BCUT2D eigenvalue weighted by Gasteiger charge is 2.22. The number of nitrogens with two attached hydrogens (primary N) is 1. The maximum absolute atomic E-state index is 5.68. The van der Waals surface area contributed by atoms with E-state index in [1.807, 2.05) is 0 Å². The largest absolute Gasteiger partial charge is 0.317 e. The minimum absolute atomic E-state index is 0.151. The Kier molecular flexibility index (Phi) is 2.56. The molecule has 2 N–H and O–H groups in total. The third-order valence-electron chi connectivity index (χ3n) is 2.70. The molecule has 14 heavy (non-hydrogen) atoms. The lowest BCUT2D eigenvalue weighted by molar-refractivity contribution is 0.835. The van der Waals surface area contributed by atoms with Gasteiger partial charge in [0, 0.05) is 0 Å². The average molecular weight is 185 g/mol. The van der Waals surface area contributed by atoms with Gasteiger partial charge in [-0.3, -0.25) is 0 Å². The Bertz CT molecular complexity index is 340. The Hall–Kier alpha value is -1.26. The van der Waals surface area contributed by atoms with E-state index >= 15 is 0 Å². The third kappa shape index (κ3) is 2.16. The van der Waals surface area contributed by atoms with Gasteiger partial charge in [-0.15, -0.1) is 6.42 Å². The van der Waals surface area contributed by atoms with E-state index in [2.05, 4.69) is 30.2 Å². The molecule has 0 saturated heterocycles. The fraction of sp³-hybridized carbons (Fsp3) is 0.385. The van der Waals surface area contributed by atoms with Crippen molar-refractivity contribution in [3.05, 3.63) is 35.4 Å². The molecule has 1 saturated carbocycles. The molecule has 1 heteroatoms. The van der Waals surface area contributed by atoms with Crippen molar-refractivity contribution in [3.63, 3.8) is 0 Å². The van der Waals surface area contributed by atoms with Crippen LogP contribution in [0.5, 0.6) is 0 Å². The number of hydrogen-bond donors (Lipinski definition) is 1. The van der Waals surface area contributed by atoms with Gasteiger partial charge in [0.05, 0.1) is 6.04 Å². The second kappa shape index (κ2) is 3.86. The van der Waals surface area contributed by atoms with Crippen molar-refractivity contribution in [3.8, 4) is 12.3 Å². The van der Waals surface area contributed by atoms with Gasteiger partial charge in [-0.25, -0.2) is 0 Å². The first-order chi connectivity index (χ1) is 6.79. The Morgan fingerprint density at radius 3 is 2.50 bits per heavy atom. The molecule has 0 aliphatic heterocycles. The average Bonchev–Trinajstić information content (AvgIpc) is 3.02. The summed E-state index contributed by atoms with van der Waals surface area (Å²) in [6.45, 7) is 0. The molecule has 1 unspecified atom stereocenters. The molecule has 0 spiro atoms. The molecule has 0 amide bonds. The second-order valence-electron chi connectivity index (χ2n) is 3.99. The van der Waals surface area contributed by atoms with E-state index in [0.717, 1.165) is 12.3 Å². The summed E-state index contributed by atoms with van der Waals surface area (Å²) < 4.78 is 0. The lowest BCUT2D eigenvalue weighted by Crippen LogP contribution is -2.19. The van der Waals surface area contributed by atoms with Gasteiger partial charge in [-0.1, -0.05) is 30.2 Å². The van der Waals surface area contributed by atoms with Crippen molar-refractivity contribution in [1.29, 1.82) is 0 Å². The van der Waals surface area contributed by atoms with Crippen LogP contribution in [0.4, 0.5) is 0 Å². The summed E-state index contributed by atoms with van der Waals surface area (Å²) in [7, 11) is 0. The minimum Gasteiger partial charge on any atom is -0.317 e. The summed E-state index contributed by atoms with van der Waals surface area (Å²) in [5.41, 5.74) is 8.38. The van der Waals surface area contributed by atoms with Crippen LogP contribution in [0.1, 0.15) is 29.9 Å². The molecular weight excluding hydrogens is 170 g/mol.